The first kappa shape index (κ1) is 24.9. The summed E-state index contributed by atoms with van der Waals surface area (Å²) < 4.78 is 5.65. The molecule has 1 fully saturated rings. The molecule has 3 rings (SSSR count). The van der Waals surface area contributed by atoms with Crippen molar-refractivity contribution in [3.63, 3.8) is 0 Å². The third-order valence-corrected chi connectivity index (χ3v) is 8.43. The average molecular weight is 447 g/mol. The molecule has 0 radical (unpaired) electrons. The summed E-state index contributed by atoms with van der Waals surface area (Å²) in [4.78, 5) is 26.6. The van der Waals surface area contributed by atoms with E-state index in [1.807, 2.05) is 0 Å². The molecular formula is C26H38O6. The number of fused-ring (bicyclic) bond motifs is 1. The Balaban J connectivity index is 2.10. The largest absolute Gasteiger partial charge is 0.451 e. The number of esters is 1. The van der Waals surface area contributed by atoms with Crippen LogP contribution in [-0.4, -0.2) is 51.5 Å². The Labute approximate surface area is 191 Å². The summed E-state index contributed by atoms with van der Waals surface area (Å²) in [6.45, 7) is 12.5. The molecule has 6 heteroatoms. The molecule has 7 atom stereocenters. The van der Waals surface area contributed by atoms with Crippen molar-refractivity contribution in [3.05, 3.63) is 34.9 Å². The maximum Gasteiger partial charge on any atom is 0.334 e. The number of ketones is 1. The van der Waals surface area contributed by atoms with E-state index in [0.29, 0.717) is 17.1 Å². The lowest BCUT2D eigenvalue weighted by Crippen LogP contribution is -2.63. The van der Waals surface area contributed by atoms with Gasteiger partial charge in [-0.25, -0.2) is 4.79 Å². The lowest BCUT2D eigenvalue weighted by atomic mass is 9.66. The molecular weight excluding hydrogens is 408 g/mol. The monoisotopic (exact) mass is 446 g/mol. The number of Topliss-reactive ketones (excluding diaryl/α,β-unsaturated/α-hetero) is 1. The van der Waals surface area contributed by atoms with Crippen molar-refractivity contribution in [1.29, 1.82) is 0 Å². The number of carbonyl (C=O) groups is 2. The van der Waals surface area contributed by atoms with Crippen molar-refractivity contribution in [2.75, 3.05) is 6.61 Å². The lowest BCUT2D eigenvalue weighted by molar-refractivity contribution is -0.191. The first-order valence-corrected chi connectivity index (χ1v) is 11.6. The summed E-state index contributed by atoms with van der Waals surface area (Å²) >= 11 is 0. The standard InChI is InChI=1S/C26H38O6/c1-8-10-18-19(24(18,5)6)17-11-16(13-27)20(28)26(31)22(32-23(30)14(3)9-2)15(4)12-25(26,7)21(17)29/h9,11-12,17-20,22,27-28,31H,8,10,13H2,1-7H3/b14-9+/t17?,18-,19-,20-,22+,25-,26+/m1/s1. The molecule has 0 aromatic carbocycles. The molecule has 0 amide bonds. The summed E-state index contributed by atoms with van der Waals surface area (Å²) in [6, 6.07) is 0. The summed E-state index contributed by atoms with van der Waals surface area (Å²) in [7, 11) is 0. The van der Waals surface area contributed by atoms with Gasteiger partial charge >= 0.3 is 5.97 Å². The van der Waals surface area contributed by atoms with Gasteiger partial charge in [-0.1, -0.05) is 45.4 Å². The van der Waals surface area contributed by atoms with Crippen LogP contribution in [-0.2, 0) is 14.3 Å². The van der Waals surface area contributed by atoms with Crippen LogP contribution in [0, 0.1) is 28.6 Å². The van der Waals surface area contributed by atoms with Gasteiger partial charge in [-0.05, 0) is 62.5 Å². The normalized spacial score (nSPS) is 40.9. The van der Waals surface area contributed by atoms with E-state index in [0.717, 1.165) is 12.8 Å². The topological polar surface area (TPSA) is 104 Å². The van der Waals surface area contributed by atoms with Crippen molar-refractivity contribution >= 4 is 11.8 Å². The van der Waals surface area contributed by atoms with Crippen LogP contribution in [0.4, 0.5) is 0 Å². The van der Waals surface area contributed by atoms with Crippen LogP contribution in [0.25, 0.3) is 0 Å². The van der Waals surface area contributed by atoms with Crippen LogP contribution in [0.2, 0.25) is 0 Å². The van der Waals surface area contributed by atoms with Gasteiger partial charge in [0.05, 0.1) is 12.0 Å². The number of ether oxygens (including phenoxy) is 1. The molecule has 0 saturated heterocycles. The van der Waals surface area contributed by atoms with Crippen molar-refractivity contribution in [3.8, 4) is 0 Å². The van der Waals surface area contributed by atoms with E-state index in [1.165, 1.54) is 0 Å². The van der Waals surface area contributed by atoms with Gasteiger partial charge in [0.1, 0.15) is 6.10 Å². The van der Waals surface area contributed by atoms with Crippen LogP contribution in [0.1, 0.15) is 61.3 Å². The maximum atomic E-state index is 14.1. The molecule has 3 aliphatic carbocycles. The quantitative estimate of drug-likeness (QED) is 0.329. The Kier molecular flexibility index (Phi) is 6.39. The number of carbonyl (C=O) groups excluding carboxylic acids is 2. The molecule has 1 unspecified atom stereocenters. The molecule has 0 aromatic rings. The van der Waals surface area contributed by atoms with Gasteiger partial charge in [0, 0.05) is 11.5 Å². The Morgan fingerprint density at radius 1 is 1.28 bits per heavy atom. The highest BCUT2D eigenvalue weighted by molar-refractivity contribution is 5.94. The minimum Gasteiger partial charge on any atom is -0.451 e. The van der Waals surface area contributed by atoms with Crippen LogP contribution < -0.4 is 0 Å². The average Bonchev–Trinajstić information content (AvgIpc) is 3.22. The number of aliphatic hydroxyl groups is 3. The summed E-state index contributed by atoms with van der Waals surface area (Å²) in [5, 5.41) is 33.4. The zero-order valence-corrected chi connectivity index (χ0v) is 20.3. The summed E-state index contributed by atoms with van der Waals surface area (Å²) in [5.74, 6) is -0.970. The molecule has 3 aliphatic rings. The molecule has 0 heterocycles. The first-order valence-electron chi connectivity index (χ1n) is 11.6. The van der Waals surface area contributed by atoms with E-state index in [9.17, 15) is 24.9 Å². The van der Waals surface area contributed by atoms with Gasteiger partial charge in [-0.15, -0.1) is 0 Å². The highest BCUT2D eigenvalue weighted by Gasteiger charge is 2.70. The summed E-state index contributed by atoms with van der Waals surface area (Å²) in [6.07, 6.45) is 4.14. The lowest BCUT2D eigenvalue weighted by Gasteiger charge is -2.44. The second-order valence-electron chi connectivity index (χ2n) is 10.6. The minimum atomic E-state index is -2.11. The Morgan fingerprint density at radius 3 is 2.44 bits per heavy atom. The van der Waals surface area contributed by atoms with E-state index in [-0.39, 0.29) is 22.7 Å². The molecule has 32 heavy (non-hydrogen) atoms. The van der Waals surface area contributed by atoms with Gasteiger partial charge in [0.2, 0.25) is 0 Å². The first-order chi connectivity index (χ1) is 14.8. The zero-order chi connectivity index (χ0) is 24.2. The smallest absolute Gasteiger partial charge is 0.334 e. The van der Waals surface area contributed by atoms with Gasteiger partial charge < -0.3 is 20.1 Å². The van der Waals surface area contributed by atoms with E-state index in [1.54, 1.807) is 45.9 Å². The highest BCUT2D eigenvalue weighted by atomic mass is 16.6. The van der Waals surface area contributed by atoms with Gasteiger partial charge in [0.25, 0.3) is 0 Å². The van der Waals surface area contributed by atoms with Gasteiger partial charge in [-0.3, -0.25) is 4.79 Å². The third kappa shape index (κ3) is 3.34. The highest BCUT2D eigenvalue weighted by Crippen LogP contribution is 2.66. The second kappa shape index (κ2) is 8.23. The predicted octanol–water partition coefficient (Wildman–Crippen LogP) is 3.11. The van der Waals surface area contributed by atoms with Crippen molar-refractivity contribution in [2.45, 2.75) is 79.1 Å². The van der Waals surface area contributed by atoms with Crippen LogP contribution in [0.3, 0.4) is 0 Å². The van der Waals surface area contributed by atoms with E-state index >= 15 is 0 Å². The molecule has 0 spiro atoms. The summed E-state index contributed by atoms with van der Waals surface area (Å²) in [5.41, 5.74) is -2.57. The van der Waals surface area contributed by atoms with Gasteiger partial charge in [0.15, 0.2) is 17.5 Å². The fraction of sp³-hybridized carbons (Fsp3) is 0.692. The second-order valence-corrected chi connectivity index (χ2v) is 10.6. The van der Waals surface area contributed by atoms with Crippen LogP contribution in [0.5, 0.6) is 0 Å². The molecule has 178 valence electrons. The third-order valence-electron chi connectivity index (χ3n) is 8.43. The maximum absolute atomic E-state index is 14.1. The van der Waals surface area contributed by atoms with E-state index < -0.39 is 41.7 Å². The van der Waals surface area contributed by atoms with Crippen molar-refractivity contribution in [1.82, 2.24) is 0 Å². The van der Waals surface area contributed by atoms with Crippen LogP contribution >= 0.6 is 0 Å². The predicted molar refractivity (Wildman–Crippen MR) is 121 cm³/mol. The fourth-order valence-corrected chi connectivity index (χ4v) is 6.26. The SMILES string of the molecule is C/C=C(\C)C(=O)O[C@H]1C(C)=C[C@]2(C)C(=O)C([C@@H]3[C@@H](CCC)C3(C)C)C=C(CO)[C@@H](O)[C@]12O. The molecule has 0 bridgehead atoms. The molecule has 3 N–H and O–H groups in total. The van der Waals surface area contributed by atoms with Crippen molar-refractivity contribution < 1.29 is 29.6 Å². The van der Waals surface area contributed by atoms with Gasteiger partial charge in [-0.2, -0.15) is 0 Å². The molecule has 0 aromatic heterocycles. The number of hydrogen-bond acceptors (Lipinski definition) is 6. The zero-order valence-electron chi connectivity index (χ0n) is 20.3. The Hall–Kier alpha value is -1.76. The molecule has 6 nitrogen and oxygen atoms in total. The van der Waals surface area contributed by atoms with Crippen molar-refractivity contribution in [2.24, 2.45) is 28.6 Å². The number of rotatable bonds is 6. The van der Waals surface area contributed by atoms with E-state index in [2.05, 4.69) is 20.8 Å². The van der Waals surface area contributed by atoms with Crippen LogP contribution in [0.15, 0.2) is 34.9 Å². The fourth-order valence-electron chi connectivity index (χ4n) is 6.26. The number of aliphatic hydroxyl groups excluding tert-OH is 2. The molecule has 1 saturated carbocycles. The minimum absolute atomic E-state index is 0.0521. The Bertz CT molecular complexity index is 896. The Morgan fingerprint density at radius 2 is 1.91 bits per heavy atom. The van der Waals surface area contributed by atoms with E-state index in [4.69, 9.17) is 4.74 Å². The molecule has 0 aliphatic heterocycles. The number of hydrogen-bond donors (Lipinski definition) is 3. The number of allylic oxidation sites excluding steroid dienone is 2.